The maximum absolute atomic E-state index is 12.3. The zero-order valence-electron chi connectivity index (χ0n) is 11.9. The summed E-state index contributed by atoms with van der Waals surface area (Å²) in [6, 6.07) is 8.76. The fourth-order valence-corrected chi connectivity index (χ4v) is 2.12. The monoisotopic (exact) mass is 297 g/mol. The third kappa shape index (κ3) is 2.88. The Bertz CT molecular complexity index is 786. The van der Waals surface area contributed by atoms with Crippen LogP contribution in [-0.4, -0.2) is 12.5 Å². The van der Waals surface area contributed by atoms with Gasteiger partial charge in [0.1, 0.15) is 23.7 Å². The van der Waals surface area contributed by atoms with Gasteiger partial charge in [-0.05, 0) is 30.3 Å². The number of carbonyl (C=O) groups excluding carboxylic acids is 1. The summed E-state index contributed by atoms with van der Waals surface area (Å²) in [5.74, 6) is 1.06. The molecule has 0 spiro atoms. The molecule has 5 heteroatoms. The SMILES string of the molecule is C=CCOc1cc(C(=O)NCc2ccco2)cc2occc12. The first-order chi connectivity index (χ1) is 10.8. The second kappa shape index (κ2) is 6.22. The summed E-state index contributed by atoms with van der Waals surface area (Å²) in [5.41, 5.74) is 1.07. The molecule has 3 aromatic rings. The van der Waals surface area contributed by atoms with Gasteiger partial charge in [0.25, 0.3) is 5.91 Å². The van der Waals surface area contributed by atoms with E-state index in [1.165, 1.54) is 0 Å². The largest absolute Gasteiger partial charge is 0.489 e. The predicted molar refractivity (Wildman–Crippen MR) is 81.8 cm³/mol. The molecule has 0 saturated carbocycles. The molecule has 0 atom stereocenters. The minimum absolute atomic E-state index is 0.224. The van der Waals surface area contributed by atoms with E-state index in [4.69, 9.17) is 13.6 Å². The number of carbonyl (C=O) groups is 1. The zero-order valence-corrected chi connectivity index (χ0v) is 11.9. The molecule has 0 fully saturated rings. The molecule has 2 aromatic heterocycles. The first-order valence-corrected chi connectivity index (χ1v) is 6.83. The molecule has 0 aliphatic rings. The van der Waals surface area contributed by atoms with Crippen molar-refractivity contribution in [1.82, 2.24) is 5.32 Å². The molecule has 112 valence electrons. The van der Waals surface area contributed by atoms with Gasteiger partial charge in [0.2, 0.25) is 0 Å². The third-order valence-corrected chi connectivity index (χ3v) is 3.16. The first kappa shape index (κ1) is 14.0. The van der Waals surface area contributed by atoms with Gasteiger partial charge in [-0.2, -0.15) is 0 Å². The highest BCUT2D eigenvalue weighted by Gasteiger charge is 2.13. The summed E-state index contributed by atoms with van der Waals surface area (Å²) in [7, 11) is 0. The normalized spacial score (nSPS) is 10.5. The Kier molecular flexibility index (Phi) is 3.96. The van der Waals surface area contributed by atoms with E-state index in [1.807, 2.05) is 0 Å². The number of benzene rings is 1. The highest BCUT2D eigenvalue weighted by atomic mass is 16.5. The summed E-state index contributed by atoms with van der Waals surface area (Å²) < 4.78 is 16.2. The molecule has 22 heavy (non-hydrogen) atoms. The molecule has 1 amide bonds. The molecular formula is C17H15NO4. The van der Waals surface area contributed by atoms with Crippen LogP contribution in [0.1, 0.15) is 16.1 Å². The molecule has 0 radical (unpaired) electrons. The van der Waals surface area contributed by atoms with Crippen LogP contribution >= 0.6 is 0 Å². The number of nitrogens with one attached hydrogen (secondary N) is 1. The van der Waals surface area contributed by atoms with E-state index in [-0.39, 0.29) is 5.91 Å². The van der Waals surface area contributed by atoms with E-state index in [0.717, 1.165) is 5.39 Å². The molecule has 0 aliphatic carbocycles. The molecule has 1 N–H and O–H groups in total. The van der Waals surface area contributed by atoms with Gasteiger partial charge in [0.05, 0.1) is 24.5 Å². The fraction of sp³-hybridized carbons (Fsp3) is 0.118. The fourth-order valence-electron chi connectivity index (χ4n) is 2.12. The minimum atomic E-state index is -0.224. The molecule has 2 heterocycles. The maximum atomic E-state index is 12.3. The Morgan fingerprint density at radius 1 is 1.27 bits per heavy atom. The molecule has 0 unspecified atom stereocenters. The highest BCUT2D eigenvalue weighted by molar-refractivity contribution is 5.99. The average Bonchev–Trinajstić information content (AvgIpc) is 3.20. The smallest absolute Gasteiger partial charge is 0.251 e. The van der Waals surface area contributed by atoms with Gasteiger partial charge in [0.15, 0.2) is 0 Å². The second-order valence-electron chi connectivity index (χ2n) is 4.67. The Hall–Kier alpha value is -2.95. The lowest BCUT2D eigenvalue weighted by Crippen LogP contribution is -2.22. The number of ether oxygens (including phenoxy) is 1. The standard InChI is InChI=1S/C17H15NO4/c1-2-6-21-15-9-12(10-16-14(15)5-8-22-16)17(19)18-11-13-4-3-7-20-13/h2-5,7-10H,1,6,11H2,(H,18,19). The topological polar surface area (TPSA) is 64.6 Å². The third-order valence-electron chi connectivity index (χ3n) is 3.16. The van der Waals surface area contributed by atoms with Crippen molar-refractivity contribution in [2.45, 2.75) is 6.54 Å². The Balaban J connectivity index is 1.82. The van der Waals surface area contributed by atoms with E-state index in [0.29, 0.717) is 35.8 Å². The maximum Gasteiger partial charge on any atom is 0.251 e. The number of furan rings is 2. The predicted octanol–water partition coefficient (Wildman–Crippen LogP) is 3.52. The number of hydrogen-bond donors (Lipinski definition) is 1. The second-order valence-corrected chi connectivity index (χ2v) is 4.67. The molecule has 0 aliphatic heterocycles. The Morgan fingerprint density at radius 2 is 2.18 bits per heavy atom. The van der Waals surface area contributed by atoms with Crippen LogP contribution in [0.15, 0.2) is 64.3 Å². The molecule has 0 saturated heterocycles. The summed E-state index contributed by atoms with van der Waals surface area (Å²) in [4.78, 5) is 12.3. The van der Waals surface area contributed by atoms with Gasteiger partial charge in [-0.1, -0.05) is 12.7 Å². The Labute approximate surface area is 127 Å². The van der Waals surface area contributed by atoms with Crippen LogP contribution in [0.25, 0.3) is 11.0 Å². The van der Waals surface area contributed by atoms with E-state index in [2.05, 4.69) is 11.9 Å². The van der Waals surface area contributed by atoms with Gasteiger partial charge in [0, 0.05) is 5.56 Å². The van der Waals surface area contributed by atoms with Crippen molar-refractivity contribution in [2.24, 2.45) is 0 Å². The lowest BCUT2D eigenvalue weighted by molar-refractivity contribution is 0.0947. The molecule has 3 rings (SSSR count). The minimum Gasteiger partial charge on any atom is -0.489 e. The number of hydrogen-bond acceptors (Lipinski definition) is 4. The van der Waals surface area contributed by atoms with Crippen molar-refractivity contribution in [3.63, 3.8) is 0 Å². The van der Waals surface area contributed by atoms with Gasteiger partial charge >= 0.3 is 0 Å². The van der Waals surface area contributed by atoms with Crippen molar-refractivity contribution >= 4 is 16.9 Å². The molecule has 1 aromatic carbocycles. The number of rotatable bonds is 6. The van der Waals surface area contributed by atoms with E-state index < -0.39 is 0 Å². The first-order valence-electron chi connectivity index (χ1n) is 6.83. The summed E-state index contributed by atoms with van der Waals surface area (Å²) in [6.07, 6.45) is 4.78. The lowest BCUT2D eigenvalue weighted by atomic mass is 10.1. The molecule has 5 nitrogen and oxygen atoms in total. The summed E-state index contributed by atoms with van der Waals surface area (Å²) >= 11 is 0. The summed E-state index contributed by atoms with van der Waals surface area (Å²) in [5, 5.41) is 3.62. The van der Waals surface area contributed by atoms with Crippen molar-refractivity contribution in [1.29, 1.82) is 0 Å². The van der Waals surface area contributed by atoms with Crippen LogP contribution in [0, 0.1) is 0 Å². The van der Waals surface area contributed by atoms with Crippen LogP contribution < -0.4 is 10.1 Å². The van der Waals surface area contributed by atoms with Crippen LogP contribution in [0.4, 0.5) is 0 Å². The van der Waals surface area contributed by atoms with E-state index in [1.54, 1.807) is 48.9 Å². The van der Waals surface area contributed by atoms with Gasteiger partial charge in [-0.3, -0.25) is 4.79 Å². The lowest BCUT2D eigenvalue weighted by Gasteiger charge is -2.08. The van der Waals surface area contributed by atoms with Crippen LogP contribution in [0.5, 0.6) is 5.75 Å². The average molecular weight is 297 g/mol. The quantitative estimate of drug-likeness (QED) is 0.707. The highest BCUT2D eigenvalue weighted by Crippen LogP contribution is 2.28. The van der Waals surface area contributed by atoms with Gasteiger partial charge < -0.3 is 18.9 Å². The van der Waals surface area contributed by atoms with Gasteiger partial charge in [-0.15, -0.1) is 0 Å². The van der Waals surface area contributed by atoms with Crippen LogP contribution in [-0.2, 0) is 6.54 Å². The zero-order chi connectivity index (χ0) is 15.4. The number of amides is 1. The Morgan fingerprint density at radius 3 is 2.95 bits per heavy atom. The van der Waals surface area contributed by atoms with E-state index >= 15 is 0 Å². The van der Waals surface area contributed by atoms with Crippen molar-refractivity contribution in [2.75, 3.05) is 6.61 Å². The molecule has 0 bridgehead atoms. The molecular weight excluding hydrogens is 282 g/mol. The van der Waals surface area contributed by atoms with E-state index in [9.17, 15) is 4.79 Å². The van der Waals surface area contributed by atoms with Crippen LogP contribution in [0.3, 0.4) is 0 Å². The number of fused-ring (bicyclic) bond motifs is 1. The summed E-state index contributed by atoms with van der Waals surface area (Å²) in [6.45, 7) is 4.30. The van der Waals surface area contributed by atoms with Crippen molar-refractivity contribution in [3.8, 4) is 5.75 Å². The van der Waals surface area contributed by atoms with Gasteiger partial charge in [-0.25, -0.2) is 0 Å². The van der Waals surface area contributed by atoms with Crippen molar-refractivity contribution in [3.05, 3.63) is 66.8 Å². The van der Waals surface area contributed by atoms with Crippen LogP contribution in [0.2, 0.25) is 0 Å². The van der Waals surface area contributed by atoms with Crippen molar-refractivity contribution < 1.29 is 18.4 Å².